The molecule has 2 aromatic carbocycles. The summed E-state index contributed by atoms with van der Waals surface area (Å²) in [5.74, 6) is -0.144. The SMILES string of the molecule is C[C@@H](O)c1cc(F)ccc1Oc1ccc(F)cc1Br. The first-order valence-corrected chi connectivity index (χ1v) is 6.37. The van der Waals surface area contributed by atoms with Crippen molar-refractivity contribution in [2.24, 2.45) is 0 Å². The van der Waals surface area contributed by atoms with Crippen LogP contribution in [0.1, 0.15) is 18.6 Å². The van der Waals surface area contributed by atoms with Gasteiger partial charge < -0.3 is 9.84 Å². The first-order chi connectivity index (χ1) is 8.97. The number of hydrogen-bond acceptors (Lipinski definition) is 2. The number of hydrogen-bond donors (Lipinski definition) is 1. The zero-order chi connectivity index (χ0) is 14.0. The van der Waals surface area contributed by atoms with Gasteiger partial charge in [-0.25, -0.2) is 8.78 Å². The fraction of sp³-hybridized carbons (Fsp3) is 0.143. The van der Waals surface area contributed by atoms with Crippen molar-refractivity contribution in [3.63, 3.8) is 0 Å². The van der Waals surface area contributed by atoms with E-state index in [1.807, 2.05) is 0 Å². The third-order valence-electron chi connectivity index (χ3n) is 2.54. The average Bonchev–Trinajstić information content (AvgIpc) is 2.34. The predicted molar refractivity (Wildman–Crippen MR) is 71.2 cm³/mol. The van der Waals surface area contributed by atoms with Crippen LogP contribution in [0.25, 0.3) is 0 Å². The molecule has 0 bridgehead atoms. The van der Waals surface area contributed by atoms with Crippen molar-refractivity contribution in [3.05, 3.63) is 58.1 Å². The van der Waals surface area contributed by atoms with Gasteiger partial charge in [-0.3, -0.25) is 0 Å². The van der Waals surface area contributed by atoms with E-state index in [1.54, 1.807) is 0 Å². The third-order valence-corrected chi connectivity index (χ3v) is 3.16. The second kappa shape index (κ2) is 5.67. The molecule has 0 aliphatic heterocycles. The molecule has 19 heavy (non-hydrogen) atoms. The van der Waals surface area contributed by atoms with Crippen LogP contribution in [0.4, 0.5) is 8.78 Å². The summed E-state index contributed by atoms with van der Waals surface area (Å²) in [7, 11) is 0. The number of rotatable bonds is 3. The molecule has 1 atom stereocenters. The summed E-state index contributed by atoms with van der Waals surface area (Å²) >= 11 is 3.18. The summed E-state index contributed by atoms with van der Waals surface area (Å²) in [4.78, 5) is 0. The summed E-state index contributed by atoms with van der Waals surface area (Å²) in [6.07, 6.45) is -0.870. The highest BCUT2D eigenvalue weighted by atomic mass is 79.9. The Bertz CT molecular complexity index is 600. The number of aliphatic hydroxyl groups is 1. The predicted octanol–water partition coefficient (Wildman–Crippen LogP) is 4.57. The Morgan fingerprint density at radius 3 is 2.21 bits per heavy atom. The smallest absolute Gasteiger partial charge is 0.141 e. The molecule has 0 amide bonds. The van der Waals surface area contributed by atoms with Crippen molar-refractivity contribution in [1.82, 2.24) is 0 Å². The van der Waals surface area contributed by atoms with Crippen LogP contribution in [0.5, 0.6) is 11.5 Å². The van der Waals surface area contributed by atoms with Gasteiger partial charge in [-0.2, -0.15) is 0 Å². The molecule has 0 aliphatic rings. The molecular weight excluding hydrogens is 318 g/mol. The molecule has 0 aliphatic carbocycles. The lowest BCUT2D eigenvalue weighted by Gasteiger charge is -2.14. The Hall–Kier alpha value is -1.46. The van der Waals surface area contributed by atoms with Gasteiger partial charge in [-0.1, -0.05) is 0 Å². The molecule has 0 radical (unpaired) electrons. The van der Waals surface area contributed by atoms with E-state index in [0.29, 0.717) is 21.5 Å². The first-order valence-electron chi connectivity index (χ1n) is 5.58. The molecule has 2 rings (SSSR count). The standard InChI is InChI=1S/C14H11BrF2O2/c1-8(18)11-6-9(16)2-4-13(11)19-14-5-3-10(17)7-12(14)15/h2-8,18H,1H3/t8-/m1/s1. The molecule has 1 N–H and O–H groups in total. The van der Waals surface area contributed by atoms with Crippen molar-refractivity contribution in [2.45, 2.75) is 13.0 Å². The van der Waals surface area contributed by atoms with E-state index in [1.165, 1.54) is 43.3 Å². The van der Waals surface area contributed by atoms with Crippen LogP contribution in [0.3, 0.4) is 0 Å². The number of aliphatic hydroxyl groups excluding tert-OH is 1. The third kappa shape index (κ3) is 3.30. The van der Waals surface area contributed by atoms with Crippen molar-refractivity contribution < 1.29 is 18.6 Å². The molecule has 2 aromatic rings. The maximum Gasteiger partial charge on any atom is 0.141 e. The maximum absolute atomic E-state index is 13.2. The van der Waals surface area contributed by atoms with Crippen LogP contribution in [0.15, 0.2) is 40.9 Å². The minimum absolute atomic E-state index is 0.323. The Morgan fingerprint density at radius 2 is 1.63 bits per heavy atom. The Morgan fingerprint density at radius 1 is 1.05 bits per heavy atom. The molecule has 5 heteroatoms. The lowest BCUT2D eigenvalue weighted by Crippen LogP contribution is -1.97. The van der Waals surface area contributed by atoms with Crippen molar-refractivity contribution in [3.8, 4) is 11.5 Å². The Labute approximate surface area is 117 Å². The average molecular weight is 329 g/mol. The van der Waals surface area contributed by atoms with Crippen LogP contribution < -0.4 is 4.74 Å². The quantitative estimate of drug-likeness (QED) is 0.894. The molecule has 0 spiro atoms. The molecule has 0 unspecified atom stereocenters. The lowest BCUT2D eigenvalue weighted by molar-refractivity contribution is 0.195. The van der Waals surface area contributed by atoms with Gasteiger partial charge in [0.25, 0.3) is 0 Å². The van der Waals surface area contributed by atoms with E-state index >= 15 is 0 Å². The molecule has 0 heterocycles. The van der Waals surface area contributed by atoms with Crippen LogP contribution in [-0.2, 0) is 0 Å². The minimum atomic E-state index is -0.870. The monoisotopic (exact) mass is 328 g/mol. The van der Waals surface area contributed by atoms with E-state index in [4.69, 9.17) is 4.74 Å². The van der Waals surface area contributed by atoms with Gasteiger partial charge in [-0.15, -0.1) is 0 Å². The van der Waals surface area contributed by atoms with Crippen molar-refractivity contribution in [2.75, 3.05) is 0 Å². The highest BCUT2D eigenvalue weighted by Crippen LogP contribution is 2.34. The highest BCUT2D eigenvalue weighted by molar-refractivity contribution is 9.10. The van der Waals surface area contributed by atoms with Gasteiger partial charge in [-0.05, 0) is 59.3 Å². The van der Waals surface area contributed by atoms with E-state index in [-0.39, 0.29) is 0 Å². The summed E-state index contributed by atoms with van der Waals surface area (Å²) < 4.78 is 32.1. The molecule has 0 saturated heterocycles. The topological polar surface area (TPSA) is 29.5 Å². The second-order valence-electron chi connectivity index (χ2n) is 4.03. The van der Waals surface area contributed by atoms with Crippen LogP contribution in [-0.4, -0.2) is 5.11 Å². The van der Waals surface area contributed by atoms with Gasteiger partial charge in [0.1, 0.15) is 23.1 Å². The number of halogens is 3. The van der Waals surface area contributed by atoms with Crippen LogP contribution >= 0.6 is 15.9 Å². The van der Waals surface area contributed by atoms with E-state index < -0.39 is 17.7 Å². The minimum Gasteiger partial charge on any atom is -0.456 e. The summed E-state index contributed by atoms with van der Waals surface area (Å²) in [5.41, 5.74) is 0.330. The van der Waals surface area contributed by atoms with Gasteiger partial charge in [0.15, 0.2) is 0 Å². The molecular formula is C14H11BrF2O2. The number of benzene rings is 2. The van der Waals surface area contributed by atoms with Crippen LogP contribution in [0, 0.1) is 11.6 Å². The van der Waals surface area contributed by atoms with Gasteiger partial charge in [0.05, 0.1) is 10.6 Å². The van der Waals surface area contributed by atoms with E-state index in [0.717, 1.165) is 0 Å². The van der Waals surface area contributed by atoms with Gasteiger partial charge >= 0.3 is 0 Å². The van der Waals surface area contributed by atoms with E-state index in [9.17, 15) is 13.9 Å². The summed E-state index contributed by atoms with van der Waals surface area (Å²) in [6, 6.07) is 7.84. The molecule has 0 fully saturated rings. The summed E-state index contributed by atoms with van der Waals surface area (Å²) in [6.45, 7) is 1.52. The Balaban J connectivity index is 2.38. The van der Waals surface area contributed by atoms with E-state index in [2.05, 4.69) is 15.9 Å². The molecule has 2 nitrogen and oxygen atoms in total. The zero-order valence-electron chi connectivity index (χ0n) is 10.0. The largest absolute Gasteiger partial charge is 0.456 e. The summed E-state index contributed by atoms with van der Waals surface area (Å²) in [5, 5.41) is 9.60. The van der Waals surface area contributed by atoms with Crippen molar-refractivity contribution >= 4 is 15.9 Å². The lowest BCUT2D eigenvalue weighted by atomic mass is 10.1. The first kappa shape index (κ1) is 14.0. The zero-order valence-corrected chi connectivity index (χ0v) is 11.6. The molecule has 100 valence electrons. The molecule has 0 saturated carbocycles. The fourth-order valence-electron chi connectivity index (χ4n) is 1.62. The van der Waals surface area contributed by atoms with Crippen LogP contribution in [0.2, 0.25) is 0 Å². The normalized spacial score (nSPS) is 12.3. The second-order valence-corrected chi connectivity index (χ2v) is 4.89. The molecule has 0 aromatic heterocycles. The fourth-order valence-corrected chi connectivity index (χ4v) is 2.05. The Kier molecular flexibility index (Phi) is 4.17. The van der Waals surface area contributed by atoms with Gasteiger partial charge in [0.2, 0.25) is 0 Å². The number of ether oxygens (including phenoxy) is 1. The van der Waals surface area contributed by atoms with Crippen molar-refractivity contribution in [1.29, 1.82) is 0 Å². The van der Waals surface area contributed by atoms with Gasteiger partial charge in [0, 0.05) is 5.56 Å². The highest BCUT2D eigenvalue weighted by Gasteiger charge is 2.13. The maximum atomic E-state index is 13.2.